The van der Waals surface area contributed by atoms with Crippen molar-refractivity contribution in [2.45, 2.75) is 45.2 Å². The van der Waals surface area contributed by atoms with Gasteiger partial charge in [0, 0.05) is 42.1 Å². The van der Waals surface area contributed by atoms with Gasteiger partial charge in [-0.2, -0.15) is 0 Å². The highest BCUT2D eigenvalue weighted by Gasteiger charge is 2.28. The van der Waals surface area contributed by atoms with Gasteiger partial charge < -0.3 is 20.3 Å². The number of rotatable bonds is 8. The fraction of sp³-hybridized carbons (Fsp3) is 0.367. The first-order chi connectivity index (χ1) is 17.0. The molecule has 5 rings (SSSR count). The van der Waals surface area contributed by atoms with Gasteiger partial charge in [0.2, 0.25) is 0 Å². The second-order valence-corrected chi connectivity index (χ2v) is 10.1. The maximum absolute atomic E-state index is 12.7. The van der Waals surface area contributed by atoms with Gasteiger partial charge in [-0.05, 0) is 84.8 Å². The molecule has 0 bridgehead atoms. The zero-order valence-electron chi connectivity index (χ0n) is 20.7. The molecule has 2 unspecified atom stereocenters. The summed E-state index contributed by atoms with van der Waals surface area (Å²) in [7, 11) is 0. The SMILES string of the molecule is CC(C)COc1ccc(C(=O)Nc2ccc(N3CCC(NC4CCc5ccccc54)C3)cc2)cc1. The number of nitrogens with one attached hydrogen (secondary N) is 2. The number of carbonyl (C=O) groups is 1. The summed E-state index contributed by atoms with van der Waals surface area (Å²) in [6, 6.07) is 25.3. The highest BCUT2D eigenvalue weighted by Crippen LogP contribution is 2.32. The Morgan fingerprint density at radius 2 is 1.77 bits per heavy atom. The summed E-state index contributed by atoms with van der Waals surface area (Å²) < 4.78 is 5.70. The molecule has 5 heteroatoms. The molecule has 182 valence electrons. The molecule has 1 amide bonds. The molecule has 0 spiro atoms. The molecular weight excluding hydrogens is 434 g/mol. The summed E-state index contributed by atoms with van der Waals surface area (Å²) in [5.74, 6) is 1.14. The minimum atomic E-state index is -0.115. The first kappa shape index (κ1) is 23.4. The second kappa shape index (κ2) is 10.5. The van der Waals surface area contributed by atoms with Crippen LogP contribution in [0.25, 0.3) is 0 Å². The molecule has 0 radical (unpaired) electrons. The van der Waals surface area contributed by atoms with Crippen LogP contribution in [0, 0.1) is 5.92 Å². The van der Waals surface area contributed by atoms with E-state index in [4.69, 9.17) is 4.74 Å². The van der Waals surface area contributed by atoms with E-state index in [9.17, 15) is 4.79 Å². The third-order valence-corrected chi connectivity index (χ3v) is 6.95. The number of anilines is 2. The Hall–Kier alpha value is -3.31. The van der Waals surface area contributed by atoms with E-state index in [2.05, 4.69) is 65.8 Å². The minimum Gasteiger partial charge on any atom is -0.493 e. The van der Waals surface area contributed by atoms with Crippen LogP contribution < -0.4 is 20.3 Å². The van der Waals surface area contributed by atoms with Crippen LogP contribution in [0.3, 0.4) is 0 Å². The number of nitrogens with zero attached hydrogens (tertiary/aromatic N) is 1. The van der Waals surface area contributed by atoms with Crippen LogP contribution in [0.4, 0.5) is 11.4 Å². The monoisotopic (exact) mass is 469 g/mol. The van der Waals surface area contributed by atoms with E-state index in [0.717, 1.165) is 30.9 Å². The van der Waals surface area contributed by atoms with E-state index >= 15 is 0 Å². The zero-order chi connectivity index (χ0) is 24.2. The molecule has 0 saturated carbocycles. The van der Waals surface area contributed by atoms with Crippen molar-refractivity contribution in [3.63, 3.8) is 0 Å². The largest absolute Gasteiger partial charge is 0.493 e. The van der Waals surface area contributed by atoms with Crippen molar-refractivity contribution in [2.75, 3.05) is 29.9 Å². The summed E-state index contributed by atoms with van der Waals surface area (Å²) in [5, 5.41) is 6.90. The summed E-state index contributed by atoms with van der Waals surface area (Å²) >= 11 is 0. The molecule has 0 aromatic heterocycles. The maximum atomic E-state index is 12.7. The molecule has 3 aromatic carbocycles. The molecular formula is C30H35N3O2. The first-order valence-corrected chi connectivity index (χ1v) is 12.8. The smallest absolute Gasteiger partial charge is 0.255 e. The van der Waals surface area contributed by atoms with Crippen LogP contribution in [0.5, 0.6) is 5.75 Å². The lowest BCUT2D eigenvalue weighted by atomic mass is 10.1. The number of carbonyl (C=O) groups excluding carboxylic acids is 1. The molecule has 2 atom stereocenters. The van der Waals surface area contributed by atoms with Crippen molar-refractivity contribution >= 4 is 17.3 Å². The zero-order valence-corrected chi connectivity index (χ0v) is 20.7. The van der Waals surface area contributed by atoms with Gasteiger partial charge in [0.15, 0.2) is 0 Å². The first-order valence-electron chi connectivity index (χ1n) is 12.8. The summed E-state index contributed by atoms with van der Waals surface area (Å²) in [4.78, 5) is 15.1. The summed E-state index contributed by atoms with van der Waals surface area (Å²) in [5.41, 5.74) is 5.59. The van der Waals surface area contributed by atoms with Crippen LogP contribution in [-0.4, -0.2) is 31.6 Å². The number of ether oxygens (including phenoxy) is 1. The molecule has 1 heterocycles. The van der Waals surface area contributed by atoms with Gasteiger partial charge in [0.1, 0.15) is 5.75 Å². The van der Waals surface area contributed by atoms with Gasteiger partial charge in [-0.25, -0.2) is 0 Å². The molecule has 2 N–H and O–H groups in total. The molecule has 1 fully saturated rings. The van der Waals surface area contributed by atoms with Gasteiger partial charge in [0.05, 0.1) is 6.61 Å². The Bertz CT molecular complexity index is 1140. The van der Waals surface area contributed by atoms with Gasteiger partial charge in [-0.15, -0.1) is 0 Å². The average molecular weight is 470 g/mol. The van der Waals surface area contributed by atoms with Crippen LogP contribution in [0.15, 0.2) is 72.8 Å². The Morgan fingerprint density at radius 3 is 2.54 bits per heavy atom. The van der Waals surface area contributed by atoms with Gasteiger partial charge in [-0.3, -0.25) is 4.79 Å². The third kappa shape index (κ3) is 5.68. The van der Waals surface area contributed by atoms with E-state index in [1.165, 1.54) is 29.7 Å². The summed E-state index contributed by atoms with van der Waals surface area (Å²) in [6.07, 6.45) is 3.51. The Morgan fingerprint density at radius 1 is 1.00 bits per heavy atom. The highest BCUT2D eigenvalue weighted by molar-refractivity contribution is 6.04. The van der Waals surface area contributed by atoms with E-state index in [1.54, 1.807) is 12.1 Å². The van der Waals surface area contributed by atoms with Crippen LogP contribution in [-0.2, 0) is 6.42 Å². The lowest BCUT2D eigenvalue weighted by Gasteiger charge is -2.22. The standard InChI is InChI=1S/C30H35N3O2/c1-21(2)20-35-27-14-7-23(8-15-27)30(34)32-24-10-12-26(13-11-24)33-18-17-25(19-33)31-29-16-9-22-5-3-4-6-28(22)29/h3-8,10-15,21,25,29,31H,9,16-20H2,1-2H3,(H,32,34). The quantitative estimate of drug-likeness (QED) is 0.436. The van der Waals surface area contributed by atoms with Crippen LogP contribution in [0.1, 0.15) is 54.2 Å². The van der Waals surface area contributed by atoms with Crippen molar-refractivity contribution in [3.05, 3.63) is 89.5 Å². The molecule has 1 aliphatic heterocycles. The number of aryl methyl sites for hydroxylation is 1. The predicted octanol–water partition coefficient (Wildman–Crippen LogP) is 5.83. The van der Waals surface area contributed by atoms with Crippen LogP contribution >= 0.6 is 0 Å². The van der Waals surface area contributed by atoms with Gasteiger partial charge >= 0.3 is 0 Å². The lowest BCUT2D eigenvalue weighted by Crippen LogP contribution is -2.34. The molecule has 1 saturated heterocycles. The Kier molecular flexibility index (Phi) is 7.05. The molecule has 5 nitrogen and oxygen atoms in total. The second-order valence-electron chi connectivity index (χ2n) is 10.1. The Balaban J connectivity index is 1.13. The minimum absolute atomic E-state index is 0.115. The average Bonchev–Trinajstić information content (AvgIpc) is 3.51. The van der Waals surface area contributed by atoms with E-state index < -0.39 is 0 Å². The van der Waals surface area contributed by atoms with Crippen molar-refractivity contribution < 1.29 is 9.53 Å². The van der Waals surface area contributed by atoms with E-state index in [-0.39, 0.29) is 5.91 Å². The number of hydrogen-bond acceptors (Lipinski definition) is 4. The number of fused-ring (bicyclic) bond motifs is 1. The van der Waals surface area contributed by atoms with Crippen LogP contribution in [0.2, 0.25) is 0 Å². The van der Waals surface area contributed by atoms with Crippen molar-refractivity contribution in [2.24, 2.45) is 5.92 Å². The normalized spacial score (nSPS) is 19.1. The number of hydrogen-bond donors (Lipinski definition) is 2. The fourth-order valence-electron chi connectivity index (χ4n) is 5.07. The molecule has 35 heavy (non-hydrogen) atoms. The predicted molar refractivity (Wildman–Crippen MR) is 142 cm³/mol. The molecule has 1 aliphatic carbocycles. The van der Waals surface area contributed by atoms with Gasteiger partial charge in [-0.1, -0.05) is 38.1 Å². The molecule has 3 aromatic rings. The number of amides is 1. The maximum Gasteiger partial charge on any atom is 0.255 e. The highest BCUT2D eigenvalue weighted by atomic mass is 16.5. The van der Waals surface area contributed by atoms with Crippen molar-refractivity contribution in [3.8, 4) is 5.75 Å². The topological polar surface area (TPSA) is 53.6 Å². The fourth-order valence-corrected chi connectivity index (χ4v) is 5.07. The summed E-state index contributed by atoms with van der Waals surface area (Å²) in [6.45, 7) is 6.95. The van der Waals surface area contributed by atoms with Crippen molar-refractivity contribution in [1.29, 1.82) is 0 Å². The third-order valence-electron chi connectivity index (χ3n) is 6.95. The van der Waals surface area contributed by atoms with Gasteiger partial charge in [0.25, 0.3) is 5.91 Å². The lowest BCUT2D eigenvalue weighted by molar-refractivity contribution is 0.102. The number of benzene rings is 3. The van der Waals surface area contributed by atoms with E-state index in [1.807, 2.05) is 24.3 Å². The molecule has 2 aliphatic rings. The Labute approximate surface area is 208 Å². The van der Waals surface area contributed by atoms with E-state index in [0.29, 0.717) is 30.2 Å². The van der Waals surface area contributed by atoms with Crippen molar-refractivity contribution in [1.82, 2.24) is 5.32 Å².